The van der Waals surface area contributed by atoms with Crippen LogP contribution in [0.25, 0.3) is 0 Å². The van der Waals surface area contributed by atoms with Crippen molar-refractivity contribution >= 4 is 20.6 Å². The standard InChI is InChI=1S/C13H16BrNO2/c1-2-3-8-16-11-6-4-10(5-7-11)12-9-13(14)15-17-12/h4-7,12H,2-3,8-9H2,1H3/t12-/m0/s1. The zero-order valence-electron chi connectivity index (χ0n) is 9.86. The molecule has 1 atom stereocenters. The quantitative estimate of drug-likeness (QED) is 0.768. The van der Waals surface area contributed by atoms with Gasteiger partial charge < -0.3 is 9.57 Å². The molecule has 1 aliphatic heterocycles. The third-order valence-electron chi connectivity index (χ3n) is 2.65. The maximum Gasteiger partial charge on any atom is 0.158 e. The molecule has 92 valence electrons. The number of halogens is 1. The van der Waals surface area contributed by atoms with Gasteiger partial charge in [-0.2, -0.15) is 0 Å². The van der Waals surface area contributed by atoms with Crippen molar-refractivity contribution in [1.29, 1.82) is 0 Å². The lowest BCUT2D eigenvalue weighted by atomic mass is 10.1. The molecule has 0 bridgehead atoms. The van der Waals surface area contributed by atoms with Gasteiger partial charge in [0.25, 0.3) is 0 Å². The van der Waals surface area contributed by atoms with Crippen LogP contribution >= 0.6 is 15.9 Å². The van der Waals surface area contributed by atoms with Gasteiger partial charge in [0.2, 0.25) is 0 Å². The third-order valence-corrected chi connectivity index (χ3v) is 3.12. The molecule has 0 unspecified atom stereocenters. The van der Waals surface area contributed by atoms with Crippen LogP contribution in [0, 0.1) is 0 Å². The lowest BCUT2D eigenvalue weighted by Crippen LogP contribution is -1.99. The Labute approximate surface area is 110 Å². The highest BCUT2D eigenvalue weighted by Gasteiger charge is 2.20. The van der Waals surface area contributed by atoms with E-state index in [0.717, 1.165) is 41.8 Å². The molecule has 1 heterocycles. The molecular weight excluding hydrogens is 282 g/mol. The highest BCUT2D eigenvalue weighted by molar-refractivity contribution is 9.18. The molecule has 0 radical (unpaired) electrons. The van der Waals surface area contributed by atoms with Crippen LogP contribution in [-0.4, -0.2) is 11.2 Å². The van der Waals surface area contributed by atoms with Gasteiger partial charge >= 0.3 is 0 Å². The molecule has 1 aromatic rings. The monoisotopic (exact) mass is 297 g/mol. The molecule has 0 aromatic heterocycles. The fourth-order valence-electron chi connectivity index (χ4n) is 1.64. The van der Waals surface area contributed by atoms with Crippen molar-refractivity contribution in [2.45, 2.75) is 32.3 Å². The SMILES string of the molecule is CCCCOc1ccc([C@@H]2CC(Br)=NO2)cc1. The number of hydrogen-bond donors (Lipinski definition) is 0. The van der Waals surface area contributed by atoms with Gasteiger partial charge in [-0.3, -0.25) is 0 Å². The Hall–Kier alpha value is -1.03. The van der Waals surface area contributed by atoms with E-state index in [2.05, 4.69) is 28.0 Å². The summed E-state index contributed by atoms with van der Waals surface area (Å²) in [4.78, 5) is 5.29. The van der Waals surface area contributed by atoms with E-state index in [0.29, 0.717) is 0 Å². The maximum absolute atomic E-state index is 5.61. The molecule has 17 heavy (non-hydrogen) atoms. The van der Waals surface area contributed by atoms with E-state index >= 15 is 0 Å². The predicted molar refractivity (Wildman–Crippen MR) is 71.7 cm³/mol. The second-order valence-electron chi connectivity index (χ2n) is 4.04. The number of ether oxygens (including phenoxy) is 1. The zero-order valence-corrected chi connectivity index (χ0v) is 11.4. The predicted octanol–water partition coefficient (Wildman–Crippen LogP) is 4.04. The third kappa shape index (κ3) is 3.46. The number of hydrogen-bond acceptors (Lipinski definition) is 3. The van der Waals surface area contributed by atoms with Crippen LogP contribution in [0.2, 0.25) is 0 Å². The van der Waals surface area contributed by atoms with E-state index in [1.165, 1.54) is 0 Å². The summed E-state index contributed by atoms with van der Waals surface area (Å²) in [6.07, 6.45) is 3.08. The Bertz CT molecular complexity index is 389. The molecule has 1 aliphatic rings. The number of oxime groups is 1. The van der Waals surface area contributed by atoms with Crippen molar-refractivity contribution in [3.8, 4) is 5.75 Å². The topological polar surface area (TPSA) is 30.8 Å². The van der Waals surface area contributed by atoms with Crippen molar-refractivity contribution in [3.63, 3.8) is 0 Å². The van der Waals surface area contributed by atoms with Gasteiger partial charge in [-0.25, -0.2) is 0 Å². The first-order chi connectivity index (χ1) is 8.29. The Morgan fingerprint density at radius 3 is 2.76 bits per heavy atom. The Morgan fingerprint density at radius 1 is 1.41 bits per heavy atom. The van der Waals surface area contributed by atoms with E-state index in [4.69, 9.17) is 9.57 Å². The maximum atomic E-state index is 5.61. The molecule has 0 fully saturated rings. The lowest BCUT2D eigenvalue weighted by molar-refractivity contribution is 0.0857. The minimum absolute atomic E-state index is 0.0362. The van der Waals surface area contributed by atoms with Crippen LogP contribution in [0.4, 0.5) is 0 Å². The fraction of sp³-hybridized carbons (Fsp3) is 0.462. The largest absolute Gasteiger partial charge is 0.494 e. The Kier molecular flexibility index (Phi) is 4.42. The first-order valence-electron chi connectivity index (χ1n) is 5.90. The molecule has 0 N–H and O–H groups in total. The van der Waals surface area contributed by atoms with Gasteiger partial charge in [-0.05, 0) is 40.0 Å². The van der Waals surface area contributed by atoms with E-state index < -0.39 is 0 Å². The van der Waals surface area contributed by atoms with E-state index in [1.807, 2.05) is 24.3 Å². The van der Waals surface area contributed by atoms with Crippen molar-refractivity contribution in [2.24, 2.45) is 5.16 Å². The summed E-state index contributed by atoms with van der Waals surface area (Å²) >= 11 is 3.33. The number of rotatable bonds is 5. The molecule has 0 spiro atoms. The first-order valence-corrected chi connectivity index (χ1v) is 6.70. The van der Waals surface area contributed by atoms with E-state index in [1.54, 1.807) is 0 Å². The van der Waals surface area contributed by atoms with Gasteiger partial charge in [0.15, 0.2) is 6.10 Å². The van der Waals surface area contributed by atoms with Crippen LogP contribution < -0.4 is 4.74 Å². The summed E-state index contributed by atoms with van der Waals surface area (Å²) in [6, 6.07) is 8.04. The molecule has 2 rings (SSSR count). The van der Waals surface area contributed by atoms with Gasteiger partial charge in [0, 0.05) is 6.42 Å². The average molecular weight is 298 g/mol. The second kappa shape index (κ2) is 6.05. The van der Waals surface area contributed by atoms with Crippen LogP contribution in [0.1, 0.15) is 37.9 Å². The van der Waals surface area contributed by atoms with Gasteiger partial charge in [0.1, 0.15) is 10.4 Å². The average Bonchev–Trinajstić information content (AvgIpc) is 2.77. The second-order valence-corrected chi connectivity index (χ2v) is 4.95. The van der Waals surface area contributed by atoms with Crippen molar-refractivity contribution in [3.05, 3.63) is 29.8 Å². The van der Waals surface area contributed by atoms with Gasteiger partial charge in [-0.15, -0.1) is 0 Å². The molecule has 0 aliphatic carbocycles. The summed E-state index contributed by atoms with van der Waals surface area (Å²) in [5.74, 6) is 0.917. The Balaban J connectivity index is 1.89. The minimum atomic E-state index is 0.0362. The van der Waals surface area contributed by atoms with Crippen molar-refractivity contribution < 1.29 is 9.57 Å². The summed E-state index contributed by atoms with van der Waals surface area (Å²) in [5, 5.41) is 3.88. The molecule has 3 nitrogen and oxygen atoms in total. The van der Waals surface area contributed by atoms with Crippen LogP contribution in [0.5, 0.6) is 5.75 Å². The van der Waals surface area contributed by atoms with Crippen LogP contribution in [0.3, 0.4) is 0 Å². The summed E-state index contributed by atoms with van der Waals surface area (Å²) in [5.41, 5.74) is 1.13. The van der Waals surface area contributed by atoms with E-state index in [9.17, 15) is 0 Å². The Morgan fingerprint density at radius 2 is 2.18 bits per heavy atom. The highest BCUT2D eigenvalue weighted by atomic mass is 79.9. The van der Waals surface area contributed by atoms with Crippen molar-refractivity contribution in [1.82, 2.24) is 0 Å². The van der Waals surface area contributed by atoms with Gasteiger partial charge in [0.05, 0.1) is 6.61 Å². The molecule has 0 saturated carbocycles. The number of nitrogens with zero attached hydrogens (tertiary/aromatic N) is 1. The van der Waals surface area contributed by atoms with Crippen molar-refractivity contribution in [2.75, 3.05) is 6.61 Å². The summed E-state index contributed by atoms with van der Waals surface area (Å²) < 4.78 is 6.47. The van der Waals surface area contributed by atoms with E-state index in [-0.39, 0.29) is 6.10 Å². The number of unbranched alkanes of at least 4 members (excludes halogenated alkanes) is 1. The van der Waals surface area contributed by atoms with Gasteiger partial charge in [-0.1, -0.05) is 30.6 Å². The first kappa shape index (κ1) is 12.4. The van der Waals surface area contributed by atoms with Crippen LogP contribution in [0.15, 0.2) is 29.4 Å². The molecule has 0 amide bonds. The normalized spacial score (nSPS) is 18.7. The zero-order chi connectivity index (χ0) is 12.1. The summed E-state index contributed by atoms with van der Waals surface area (Å²) in [7, 11) is 0. The smallest absolute Gasteiger partial charge is 0.158 e. The van der Waals surface area contributed by atoms with Crippen LogP contribution in [-0.2, 0) is 4.84 Å². The molecule has 0 saturated heterocycles. The molecular formula is C13H16BrNO2. The number of benzene rings is 1. The fourth-order valence-corrected chi connectivity index (χ4v) is 2.02. The lowest BCUT2D eigenvalue weighted by Gasteiger charge is -2.10. The molecule has 4 heteroatoms. The highest BCUT2D eigenvalue weighted by Crippen LogP contribution is 2.29. The summed E-state index contributed by atoms with van der Waals surface area (Å²) in [6.45, 7) is 2.94. The minimum Gasteiger partial charge on any atom is -0.494 e. The molecule has 1 aromatic carbocycles.